The number of carbonyl (C=O) groups is 1. The van der Waals surface area contributed by atoms with Gasteiger partial charge in [0, 0.05) is 29.7 Å². The van der Waals surface area contributed by atoms with Gasteiger partial charge < -0.3 is 9.84 Å². The van der Waals surface area contributed by atoms with Crippen LogP contribution in [0, 0.1) is 5.82 Å². The summed E-state index contributed by atoms with van der Waals surface area (Å²) in [6.07, 6.45) is 1.51. The van der Waals surface area contributed by atoms with Crippen molar-refractivity contribution in [1.82, 2.24) is 15.1 Å². The first-order valence-corrected chi connectivity index (χ1v) is 9.23. The molecule has 0 unspecified atom stereocenters. The summed E-state index contributed by atoms with van der Waals surface area (Å²) in [4.78, 5) is 20.7. The molecule has 1 amide bonds. The summed E-state index contributed by atoms with van der Waals surface area (Å²) in [6, 6.07) is 6.09. The summed E-state index contributed by atoms with van der Waals surface area (Å²) in [5.41, 5.74) is 1.51. The van der Waals surface area contributed by atoms with Crippen molar-refractivity contribution in [2.45, 2.75) is 39.0 Å². The largest absolute Gasteiger partial charge is 0.339 e. The van der Waals surface area contributed by atoms with Crippen LogP contribution in [0.25, 0.3) is 11.3 Å². The van der Waals surface area contributed by atoms with Crippen LogP contribution in [-0.4, -0.2) is 21.0 Å². The van der Waals surface area contributed by atoms with Crippen molar-refractivity contribution < 1.29 is 13.7 Å². The van der Waals surface area contributed by atoms with Crippen LogP contribution in [0.4, 0.5) is 9.52 Å². The smallest absolute Gasteiger partial charge is 0.226 e. The lowest BCUT2D eigenvalue weighted by Crippen LogP contribution is -2.11. The number of aryl methyl sites for hydroxylation is 1. The first-order valence-electron chi connectivity index (χ1n) is 8.35. The van der Waals surface area contributed by atoms with Crippen LogP contribution in [0.1, 0.15) is 44.3 Å². The molecule has 0 saturated carbocycles. The molecule has 0 saturated heterocycles. The van der Waals surface area contributed by atoms with Crippen LogP contribution in [0.3, 0.4) is 0 Å². The maximum Gasteiger partial charge on any atom is 0.226 e. The van der Waals surface area contributed by atoms with E-state index >= 15 is 0 Å². The monoisotopic (exact) mass is 374 g/mol. The Morgan fingerprint density at radius 2 is 2.04 bits per heavy atom. The molecule has 1 aromatic carbocycles. The standard InChI is InChI=1S/C18H19FN4O2S/c1-11(2)17-22-16(25-23-17)5-3-4-15(24)21-18-20-14(10-26-18)12-6-8-13(19)9-7-12/h6-11H,3-5H2,1-2H3,(H,20,21,24). The number of amides is 1. The minimum absolute atomic E-state index is 0.117. The first kappa shape index (κ1) is 18.2. The van der Waals surface area contributed by atoms with Crippen LogP contribution < -0.4 is 5.32 Å². The van der Waals surface area contributed by atoms with Gasteiger partial charge in [-0.05, 0) is 30.7 Å². The average molecular weight is 374 g/mol. The Bertz CT molecular complexity index is 873. The number of aromatic nitrogens is 3. The second-order valence-electron chi connectivity index (χ2n) is 6.15. The van der Waals surface area contributed by atoms with Crippen molar-refractivity contribution in [1.29, 1.82) is 0 Å². The zero-order valence-corrected chi connectivity index (χ0v) is 15.3. The van der Waals surface area contributed by atoms with Gasteiger partial charge in [0.2, 0.25) is 11.8 Å². The summed E-state index contributed by atoms with van der Waals surface area (Å²) >= 11 is 1.34. The molecular formula is C18H19FN4O2S. The number of anilines is 1. The molecule has 26 heavy (non-hydrogen) atoms. The van der Waals surface area contributed by atoms with Crippen LogP contribution in [-0.2, 0) is 11.2 Å². The average Bonchev–Trinajstić information content (AvgIpc) is 3.25. The van der Waals surface area contributed by atoms with E-state index in [9.17, 15) is 9.18 Å². The van der Waals surface area contributed by atoms with Gasteiger partial charge in [0.1, 0.15) is 5.82 Å². The number of carbonyl (C=O) groups excluding carboxylic acids is 1. The van der Waals surface area contributed by atoms with Crippen molar-refractivity contribution in [3.8, 4) is 11.3 Å². The topological polar surface area (TPSA) is 80.9 Å². The second kappa shape index (κ2) is 8.18. The van der Waals surface area contributed by atoms with E-state index in [-0.39, 0.29) is 17.6 Å². The Kier molecular flexibility index (Phi) is 5.72. The highest BCUT2D eigenvalue weighted by molar-refractivity contribution is 7.14. The molecule has 0 fully saturated rings. The second-order valence-corrected chi connectivity index (χ2v) is 7.01. The van der Waals surface area contributed by atoms with Gasteiger partial charge in [0.05, 0.1) is 5.69 Å². The molecule has 1 N–H and O–H groups in total. The molecular weight excluding hydrogens is 355 g/mol. The first-order chi connectivity index (χ1) is 12.5. The summed E-state index contributed by atoms with van der Waals surface area (Å²) in [5, 5.41) is 9.03. The Morgan fingerprint density at radius 1 is 1.27 bits per heavy atom. The number of benzene rings is 1. The van der Waals surface area contributed by atoms with Gasteiger partial charge in [-0.3, -0.25) is 4.79 Å². The lowest BCUT2D eigenvalue weighted by atomic mass is 10.2. The van der Waals surface area contributed by atoms with Gasteiger partial charge in [-0.1, -0.05) is 19.0 Å². The van der Waals surface area contributed by atoms with Gasteiger partial charge in [-0.25, -0.2) is 9.37 Å². The maximum atomic E-state index is 13.0. The molecule has 2 aromatic heterocycles. The Balaban J connectivity index is 1.48. The van der Waals surface area contributed by atoms with Crippen molar-refractivity contribution in [3.63, 3.8) is 0 Å². The Morgan fingerprint density at radius 3 is 2.73 bits per heavy atom. The number of halogens is 1. The van der Waals surface area contributed by atoms with E-state index in [0.29, 0.717) is 41.8 Å². The molecule has 3 rings (SSSR count). The molecule has 8 heteroatoms. The van der Waals surface area contributed by atoms with E-state index < -0.39 is 0 Å². The fraction of sp³-hybridized carbons (Fsp3) is 0.333. The highest BCUT2D eigenvalue weighted by Crippen LogP contribution is 2.25. The van der Waals surface area contributed by atoms with E-state index in [0.717, 1.165) is 5.56 Å². The summed E-state index contributed by atoms with van der Waals surface area (Å²) < 4.78 is 18.1. The van der Waals surface area contributed by atoms with Crippen LogP contribution in [0.15, 0.2) is 34.2 Å². The Labute approximate surface area is 154 Å². The van der Waals surface area contributed by atoms with Crippen molar-refractivity contribution >= 4 is 22.4 Å². The molecule has 0 spiro atoms. The van der Waals surface area contributed by atoms with E-state index in [1.807, 2.05) is 19.2 Å². The molecule has 0 bridgehead atoms. The van der Waals surface area contributed by atoms with Gasteiger partial charge in [-0.15, -0.1) is 11.3 Å². The molecule has 0 radical (unpaired) electrons. The number of hydrogen-bond acceptors (Lipinski definition) is 6. The van der Waals surface area contributed by atoms with Crippen LogP contribution >= 0.6 is 11.3 Å². The highest BCUT2D eigenvalue weighted by Gasteiger charge is 2.11. The molecule has 3 aromatic rings. The minimum Gasteiger partial charge on any atom is -0.339 e. The van der Waals surface area contributed by atoms with Crippen LogP contribution in [0.2, 0.25) is 0 Å². The zero-order chi connectivity index (χ0) is 18.5. The van der Waals surface area contributed by atoms with Gasteiger partial charge in [-0.2, -0.15) is 4.98 Å². The number of thiazole rings is 1. The lowest BCUT2D eigenvalue weighted by Gasteiger charge is -2.00. The van der Waals surface area contributed by atoms with Gasteiger partial charge in [0.25, 0.3) is 0 Å². The predicted octanol–water partition coefficient (Wildman–Crippen LogP) is 4.42. The molecule has 0 aliphatic heterocycles. The van der Waals surface area contributed by atoms with Crippen molar-refractivity contribution in [2.75, 3.05) is 5.32 Å². The zero-order valence-electron chi connectivity index (χ0n) is 14.5. The van der Waals surface area contributed by atoms with E-state index in [2.05, 4.69) is 20.4 Å². The molecule has 0 aliphatic carbocycles. The lowest BCUT2D eigenvalue weighted by molar-refractivity contribution is -0.116. The summed E-state index contributed by atoms with van der Waals surface area (Å²) in [7, 11) is 0. The van der Waals surface area contributed by atoms with Gasteiger partial charge in [0.15, 0.2) is 11.0 Å². The van der Waals surface area contributed by atoms with Gasteiger partial charge >= 0.3 is 0 Å². The van der Waals surface area contributed by atoms with Crippen molar-refractivity contribution in [3.05, 3.63) is 47.2 Å². The number of nitrogens with zero attached hydrogens (tertiary/aromatic N) is 3. The molecule has 0 atom stereocenters. The summed E-state index contributed by atoms with van der Waals surface area (Å²) in [6.45, 7) is 3.99. The number of rotatable bonds is 7. The normalized spacial score (nSPS) is 11.1. The van der Waals surface area contributed by atoms with E-state index in [1.54, 1.807) is 12.1 Å². The fourth-order valence-electron chi connectivity index (χ4n) is 2.27. The van der Waals surface area contributed by atoms with E-state index in [4.69, 9.17) is 4.52 Å². The third-order valence-corrected chi connectivity index (χ3v) is 4.44. The maximum absolute atomic E-state index is 13.0. The third kappa shape index (κ3) is 4.72. The SMILES string of the molecule is CC(C)c1noc(CCCC(=O)Nc2nc(-c3ccc(F)cc3)cs2)n1. The molecule has 136 valence electrons. The fourth-order valence-corrected chi connectivity index (χ4v) is 3.01. The minimum atomic E-state index is -0.292. The van der Waals surface area contributed by atoms with E-state index in [1.165, 1.54) is 23.5 Å². The predicted molar refractivity (Wildman–Crippen MR) is 97.5 cm³/mol. The molecule has 0 aliphatic rings. The highest BCUT2D eigenvalue weighted by atomic mass is 32.1. The van der Waals surface area contributed by atoms with Crippen LogP contribution in [0.5, 0.6) is 0 Å². The third-order valence-electron chi connectivity index (χ3n) is 3.69. The number of hydrogen-bond donors (Lipinski definition) is 1. The summed E-state index contributed by atoms with van der Waals surface area (Å²) in [5.74, 6) is 1.04. The van der Waals surface area contributed by atoms with Crippen molar-refractivity contribution in [2.24, 2.45) is 0 Å². The molecule has 6 nitrogen and oxygen atoms in total. The molecule has 2 heterocycles. The number of nitrogens with one attached hydrogen (secondary N) is 1. The quantitative estimate of drug-likeness (QED) is 0.662. The Hall–Kier alpha value is -2.61.